The molecule has 1 atom stereocenters. The van der Waals surface area contributed by atoms with Crippen LogP contribution < -0.4 is 0 Å². The third kappa shape index (κ3) is 0.918. The zero-order valence-corrected chi connectivity index (χ0v) is 4.53. The van der Waals surface area contributed by atoms with Crippen LogP contribution in [-0.4, -0.2) is 5.31 Å². The average molecular weight is 136 g/mol. The summed E-state index contributed by atoms with van der Waals surface area (Å²) in [5, 5.41) is 0.0255. The number of hydrogen-bond donors (Lipinski definition) is 0. The molecule has 5 heavy (non-hydrogen) atoms. The minimum absolute atomic E-state index is 0.0255. The van der Waals surface area contributed by atoms with E-state index >= 15 is 0 Å². The van der Waals surface area contributed by atoms with Crippen molar-refractivity contribution in [3.63, 3.8) is 0 Å². The van der Waals surface area contributed by atoms with Gasteiger partial charge in [0.1, 0.15) is 0 Å². The van der Waals surface area contributed by atoms with Crippen molar-refractivity contribution < 1.29 is 1.37 Å². The van der Waals surface area contributed by atoms with Crippen molar-refractivity contribution in [1.29, 1.82) is 0 Å². The Kier molecular flexibility index (Phi) is 0.677. The summed E-state index contributed by atoms with van der Waals surface area (Å²) >= 11 is 3.17. The molecule has 0 spiro atoms. The van der Waals surface area contributed by atoms with Gasteiger partial charge in [0.2, 0.25) is 0 Å². The van der Waals surface area contributed by atoms with Crippen molar-refractivity contribution in [2.75, 3.05) is 5.31 Å². The smallest absolute Gasteiger partial charge is 0.0389 e. The zero-order valence-electron chi connectivity index (χ0n) is 3.95. The molecule has 1 rings (SSSR count). The molecule has 30 valence electrons. The van der Waals surface area contributed by atoms with E-state index in [-0.39, 0.29) is 5.31 Å². The SMILES string of the molecule is [2H]C(Br)C1CC1. The van der Waals surface area contributed by atoms with Gasteiger partial charge in [-0.15, -0.1) is 0 Å². The summed E-state index contributed by atoms with van der Waals surface area (Å²) in [7, 11) is 0. The molecule has 1 saturated carbocycles. The van der Waals surface area contributed by atoms with Crippen LogP contribution in [0.15, 0.2) is 0 Å². The maximum Gasteiger partial charge on any atom is 0.0389 e. The van der Waals surface area contributed by atoms with E-state index in [9.17, 15) is 0 Å². The van der Waals surface area contributed by atoms with Crippen molar-refractivity contribution in [2.24, 2.45) is 5.92 Å². The second-order valence-electron chi connectivity index (χ2n) is 1.46. The molecule has 0 amide bonds. The molecule has 1 fully saturated rings. The van der Waals surface area contributed by atoms with E-state index in [0.29, 0.717) is 5.92 Å². The van der Waals surface area contributed by atoms with Crippen LogP contribution in [0.1, 0.15) is 14.2 Å². The molecule has 0 aromatic carbocycles. The van der Waals surface area contributed by atoms with Crippen LogP contribution >= 0.6 is 15.9 Å². The summed E-state index contributed by atoms with van der Waals surface area (Å²) in [6.07, 6.45) is 2.53. The Morgan fingerprint density at radius 2 is 2.60 bits per heavy atom. The maximum absolute atomic E-state index is 7.01. The molecular weight excluding hydrogens is 128 g/mol. The van der Waals surface area contributed by atoms with Crippen molar-refractivity contribution in [2.45, 2.75) is 12.8 Å². The first-order chi connectivity index (χ1) is 2.80. The summed E-state index contributed by atoms with van der Waals surface area (Å²) < 4.78 is 7.01. The van der Waals surface area contributed by atoms with Crippen LogP contribution in [0.25, 0.3) is 0 Å². The largest absolute Gasteiger partial charge is 0.0925 e. The monoisotopic (exact) mass is 135 g/mol. The van der Waals surface area contributed by atoms with E-state index in [1.54, 1.807) is 0 Å². The first kappa shape index (κ1) is 2.62. The van der Waals surface area contributed by atoms with E-state index in [0.717, 1.165) is 0 Å². The first-order valence-electron chi connectivity index (χ1n) is 2.45. The van der Waals surface area contributed by atoms with Gasteiger partial charge in [-0.1, -0.05) is 15.9 Å². The highest BCUT2D eigenvalue weighted by atomic mass is 79.9. The van der Waals surface area contributed by atoms with Gasteiger partial charge in [-0.25, -0.2) is 0 Å². The fourth-order valence-corrected chi connectivity index (χ4v) is 0.751. The van der Waals surface area contributed by atoms with Crippen molar-refractivity contribution >= 4 is 15.9 Å². The lowest BCUT2D eigenvalue weighted by Gasteiger charge is -1.70. The third-order valence-corrected chi connectivity index (χ3v) is 1.55. The van der Waals surface area contributed by atoms with Gasteiger partial charge in [0, 0.05) is 6.68 Å². The fraction of sp³-hybridized carbons (Fsp3) is 1.00. The molecule has 1 aliphatic rings. The number of rotatable bonds is 1. The zero-order chi connectivity index (χ0) is 4.57. The lowest BCUT2D eigenvalue weighted by atomic mass is 10.5. The Morgan fingerprint density at radius 3 is 2.60 bits per heavy atom. The second kappa shape index (κ2) is 1.29. The average Bonchev–Trinajstić information content (AvgIpc) is 2.06. The molecule has 0 saturated heterocycles. The molecule has 0 aromatic rings. The predicted molar refractivity (Wildman–Crippen MR) is 26.5 cm³/mol. The Morgan fingerprint density at radius 1 is 2.00 bits per heavy atom. The third-order valence-electron chi connectivity index (χ3n) is 0.800. The van der Waals surface area contributed by atoms with E-state index in [1.165, 1.54) is 12.8 Å². The standard InChI is InChI=1S/C4H7Br/c5-3-4-1-2-4/h4H,1-3H2/i3D. The van der Waals surface area contributed by atoms with Crippen molar-refractivity contribution in [1.82, 2.24) is 0 Å². The first-order valence-corrected chi connectivity index (χ1v) is 2.78. The van der Waals surface area contributed by atoms with Gasteiger partial charge < -0.3 is 0 Å². The predicted octanol–water partition coefficient (Wildman–Crippen LogP) is 1.79. The Hall–Kier alpha value is 0.480. The summed E-state index contributed by atoms with van der Waals surface area (Å²) in [4.78, 5) is 0. The molecule has 0 heterocycles. The van der Waals surface area contributed by atoms with E-state index in [1.807, 2.05) is 0 Å². The number of halogens is 1. The molecule has 0 radical (unpaired) electrons. The highest BCUT2D eigenvalue weighted by molar-refractivity contribution is 9.09. The van der Waals surface area contributed by atoms with Crippen molar-refractivity contribution in [3.05, 3.63) is 0 Å². The highest BCUT2D eigenvalue weighted by Crippen LogP contribution is 2.29. The van der Waals surface area contributed by atoms with Crippen LogP contribution in [-0.2, 0) is 0 Å². The van der Waals surface area contributed by atoms with Gasteiger partial charge in [-0.3, -0.25) is 0 Å². The Labute approximate surface area is 42.1 Å². The summed E-state index contributed by atoms with van der Waals surface area (Å²) in [5.74, 6) is 0.685. The highest BCUT2D eigenvalue weighted by Gasteiger charge is 2.18. The minimum Gasteiger partial charge on any atom is -0.0925 e. The summed E-state index contributed by atoms with van der Waals surface area (Å²) in [5.41, 5.74) is 0. The number of alkyl halides is 1. The van der Waals surface area contributed by atoms with Crippen LogP contribution in [0.4, 0.5) is 0 Å². The normalized spacial score (nSPS) is 32.6. The minimum atomic E-state index is 0.0255. The van der Waals surface area contributed by atoms with Crippen molar-refractivity contribution in [3.8, 4) is 0 Å². The maximum atomic E-state index is 7.01. The van der Waals surface area contributed by atoms with E-state index in [4.69, 9.17) is 1.37 Å². The second-order valence-corrected chi connectivity index (χ2v) is 1.99. The Bertz CT molecular complexity index is 49.5. The Balaban J connectivity index is 2.13. The molecule has 1 unspecified atom stereocenters. The summed E-state index contributed by atoms with van der Waals surface area (Å²) in [6, 6.07) is 0. The van der Waals surface area contributed by atoms with Crippen LogP contribution in [0.2, 0.25) is 0 Å². The van der Waals surface area contributed by atoms with Gasteiger partial charge >= 0.3 is 0 Å². The van der Waals surface area contributed by atoms with Crippen LogP contribution in [0.5, 0.6) is 0 Å². The molecule has 0 aliphatic heterocycles. The molecule has 0 bridgehead atoms. The molecule has 0 aromatic heterocycles. The molecule has 0 nitrogen and oxygen atoms in total. The van der Waals surface area contributed by atoms with E-state index < -0.39 is 0 Å². The molecule has 0 N–H and O–H groups in total. The molecule has 1 aliphatic carbocycles. The van der Waals surface area contributed by atoms with Gasteiger partial charge in [0.15, 0.2) is 0 Å². The fourth-order valence-electron chi connectivity index (χ4n) is 0.222. The van der Waals surface area contributed by atoms with Gasteiger partial charge in [-0.2, -0.15) is 0 Å². The molecule has 1 heteroatoms. The van der Waals surface area contributed by atoms with Crippen LogP contribution in [0.3, 0.4) is 0 Å². The van der Waals surface area contributed by atoms with Gasteiger partial charge in [0.25, 0.3) is 0 Å². The van der Waals surface area contributed by atoms with Gasteiger partial charge in [0.05, 0.1) is 0 Å². The topological polar surface area (TPSA) is 0 Å². The number of hydrogen-bond acceptors (Lipinski definition) is 0. The molecular formula is C4H7Br. The lowest BCUT2D eigenvalue weighted by molar-refractivity contribution is 1.01. The van der Waals surface area contributed by atoms with Gasteiger partial charge in [-0.05, 0) is 18.8 Å². The van der Waals surface area contributed by atoms with Crippen LogP contribution in [0, 0.1) is 5.92 Å². The quantitative estimate of drug-likeness (QED) is 0.482. The lowest BCUT2D eigenvalue weighted by Crippen LogP contribution is -1.66. The summed E-state index contributed by atoms with van der Waals surface area (Å²) in [6.45, 7) is 0. The van der Waals surface area contributed by atoms with E-state index in [2.05, 4.69) is 15.9 Å².